The molecule has 0 saturated heterocycles. The largest absolute Gasteiger partial charge is 0.465 e. The number of nitrogens with zero attached hydrogens (tertiary/aromatic N) is 1. The molecule has 0 unspecified atom stereocenters. The van der Waals surface area contributed by atoms with Crippen LogP contribution in [0, 0.1) is 11.6 Å². The fraction of sp³-hybridized carbons (Fsp3) is 0.200. The Hall–Kier alpha value is -1.69. The molecule has 0 heterocycles. The molecule has 0 aliphatic carbocycles. The van der Waals surface area contributed by atoms with Crippen LogP contribution in [0.3, 0.4) is 0 Å². The van der Waals surface area contributed by atoms with Crippen molar-refractivity contribution in [3.8, 4) is 0 Å². The smallest absolute Gasteiger partial charge is 0.340 e. The van der Waals surface area contributed by atoms with Crippen molar-refractivity contribution in [1.29, 1.82) is 0 Å². The Kier molecular flexibility index (Phi) is 4.39. The number of amidine groups is 1. The number of benzene rings is 1. The zero-order valence-electron chi connectivity index (χ0n) is 8.84. The van der Waals surface area contributed by atoms with Crippen LogP contribution >= 0.6 is 11.6 Å². The molecule has 0 radical (unpaired) electrons. The fourth-order valence-corrected chi connectivity index (χ4v) is 1.13. The zero-order valence-corrected chi connectivity index (χ0v) is 9.59. The highest BCUT2D eigenvalue weighted by Crippen LogP contribution is 2.22. The van der Waals surface area contributed by atoms with E-state index in [9.17, 15) is 13.6 Å². The maximum absolute atomic E-state index is 13.3. The summed E-state index contributed by atoms with van der Waals surface area (Å²) in [6.45, 7) is 0. The summed E-state index contributed by atoms with van der Waals surface area (Å²) in [5, 5.41) is 0. The molecule has 0 atom stereocenters. The molecule has 0 spiro atoms. The minimum atomic E-state index is -1.03. The third-order valence-electron chi connectivity index (χ3n) is 1.84. The number of aliphatic imine (C=N–C) groups is 1. The Labute approximate surface area is 101 Å². The van der Waals surface area contributed by atoms with Gasteiger partial charge in [0.25, 0.3) is 0 Å². The van der Waals surface area contributed by atoms with Gasteiger partial charge in [-0.15, -0.1) is 11.6 Å². The molecule has 0 aromatic heterocycles. The van der Waals surface area contributed by atoms with Crippen LogP contribution in [0.5, 0.6) is 0 Å². The summed E-state index contributed by atoms with van der Waals surface area (Å²) in [5.41, 5.74) is 4.62. The van der Waals surface area contributed by atoms with Crippen LogP contribution < -0.4 is 5.73 Å². The first kappa shape index (κ1) is 13.4. The molecule has 0 fully saturated rings. The molecule has 0 bridgehead atoms. The van der Waals surface area contributed by atoms with Gasteiger partial charge in [-0.2, -0.15) is 0 Å². The zero-order chi connectivity index (χ0) is 13.0. The van der Waals surface area contributed by atoms with Gasteiger partial charge >= 0.3 is 5.97 Å². The number of ether oxygens (including phenoxy) is 1. The van der Waals surface area contributed by atoms with Crippen molar-refractivity contribution in [2.45, 2.75) is 0 Å². The topological polar surface area (TPSA) is 64.7 Å². The number of nitrogens with two attached hydrogens (primary N) is 1. The van der Waals surface area contributed by atoms with E-state index in [0.717, 1.165) is 13.2 Å². The van der Waals surface area contributed by atoms with Gasteiger partial charge in [-0.05, 0) is 6.07 Å². The molecule has 17 heavy (non-hydrogen) atoms. The Morgan fingerprint density at radius 1 is 1.47 bits per heavy atom. The van der Waals surface area contributed by atoms with E-state index in [-0.39, 0.29) is 17.4 Å². The van der Waals surface area contributed by atoms with Crippen LogP contribution in [0.25, 0.3) is 0 Å². The molecular formula is C10H9ClF2N2O2. The second-order valence-electron chi connectivity index (χ2n) is 3.01. The van der Waals surface area contributed by atoms with Crippen LogP contribution in [-0.4, -0.2) is 24.8 Å². The number of carbonyl (C=O) groups is 1. The van der Waals surface area contributed by atoms with Crippen LogP contribution in [0.15, 0.2) is 17.1 Å². The van der Waals surface area contributed by atoms with Crippen molar-refractivity contribution in [1.82, 2.24) is 0 Å². The predicted molar refractivity (Wildman–Crippen MR) is 59.7 cm³/mol. The van der Waals surface area contributed by atoms with Gasteiger partial charge in [0.05, 0.1) is 18.6 Å². The van der Waals surface area contributed by atoms with Crippen LogP contribution in [0.4, 0.5) is 14.5 Å². The summed E-state index contributed by atoms with van der Waals surface area (Å²) in [5.74, 6) is -3.05. The molecule has 0 aliphatic heterocycles. The number of halogens is 3. The van der Waals surface area contributed by atoms with E-state index in [2.05, 4.69) is 9.73 Å². The van der Waals surface area contributed by atoms with Gasteiger partial charge in [0.2, 0.25) is 0 Å². The first-order valence-corrected chi connectivity index (χ1v) is 4.99. The standard InChI is InChI=1S/C10H9ClF2N2O2/c1-17-10(16)5-2-8(15-9(14)4-11)7(13)3-6(5)12/h2-3H,4H2,1H3,(H2,14,15). The van der Waals surface area contributed by atoms with Crippen LogP contribution in [0.1, 0.15) is 10.4 Å². The Balaban J connectivity index is 3.29. The lowest BCUT2D eigenvalue weighted by molar-refractivity contribution is 0.0595. The first-order chi connectivity index (χ1) is 7.99. The summed E-state index contributed by atoms with van der Waals surface area (Å²) >= 11 is 5.37. The highest BCUT2D eigenvalue weighted by Gasteiger charge is 2.16. The molecule has 2 N–H and O–H groups in total. The van der Waals surface area contributed by atoms with Crippen molar-refractivity contribution in [3.05, 3.63) is 29.3 Å². The van der Waals surface area contributed by atoms with Crippen molar-refractivity contribution >= 4 is 29.1 Å². The average molecular weight is 263 g/mol. The number of alkyl halides is 1. The first-order valence-electron chi connectivity index (χ1n) is 4.46. The summed E-state index contributed by atoms with van der Waals surface area (Å²) in [6.07, 6.45) is 0. The van der Waals surface area contributed by atoms with Gasteiger partial charge in [0.1, 0.15) is 17.3 Å². The predicted octanol–water partition coefficient (Wildman–Crippen LogP) is 1.98. The molecule has 1 aromatic rings. The minimum Gasteiger partial charge on any atom is -0.465 e. The Morgan fingerprint density at radius 2 is 2.12 bits per heavy atom. The van der Waals surface area contributed by atoms with Crippen molar-refractivity contribution < 1.29 is 18.3 Å². The van der Waals surface area contributed by atoms with E-state index < -0.39 is 23.2 Å². The van der Waals surface area contributed by atoms with Gasteiger partial charge in [-0.1, -0.05) is 0 Å². The van der Waals surface area contributed by atoms with E-state index in [1.165, 1.54) is 0 Å². The number of rotatable bonds is 3. The van der Waals surface area contributed by atoms with Gasteiger partial charge in [-0.25, -0.2) is 18.6 Å². The minimum absolute atomic E-state index is 0.0482. The summed E-state index contributed by atoms with van der Waals surface area (Å²) in [6, 6.07) is 1.45. The lowest BCUT2D eigenvalue weighted by atomic mass is 10.2. The van der Waals surface area contributed by atoms with E-state index in [0.29, 0.717) is 6.07 Å². The second kappa shape index (κ2) is 5.58. The molecule has 0 aliphatic rings. The highest BCUT2D eigenvalue weighted by molar-refractivity contribution is 6.28. The van der Waals surface area contributed by atoms with Gasteiger partial charge < -0.3 is 10.5 Å². The normalized spacial score (nSPS) is 11.4. The molecule has 0 saturated carbocycles. The van der Waals surface area contributed by atoms with Gasteiger partial charge in [-0.3, -0.25) is 0 Å². The van der Waals surface area contributed by atoms with Crippen LogP contribution in [0.2, 0.25) is 0 Å². The number of carbonyl (C=O) groups excluding carboxylic acids is 1. The number of hydrogen-bond donors (Lipinski definition) is 1. The highest BCUT2D eigenvalue weighted by atomic mass is 35.5. The monoisotopic (exact) mass is 262 g/mol. The van der Waals surface area contributed by atoms with E-state index in [4.69, 9.17) is 17.3 Å². The van der Waals surface area contributed by atoms with Crippen molar-refractivity contribution in [2.75, 3.05) is 13.0 Å². The summed E-state index contributed by atoms with van der Waals surface area (Å²) < 4.78 is 30.9. The van der Waals surface area contributed by atoms with E-state index in [1.807, 2.05) is 0 Å². The fourth-order valence-electron chi connectivity index (χ4n) is 1.07. The molecule has 92 valence electrons. The maximum Gasteiger partial charge on any atom is 0.340 e. The van der Waals surface area contributed by atoms with Crippen molar-refractivity contribution in [3.63, 3.8) is 0 Å². The lowest BCUT2D eigenvalue weighted by Gasteiger charge is -2.04. The van der Waals surface area contributed by atoms with Crippen LogP contribution in [-0.2, 0) is 4.74 Å². The van der Waals surface area contributed by atoms with Gasteiger partial charge in [0, 0.05) is 6.07 Å². The molecule has 1 aromatic carbocycles. The summed E-state index contributed by atoms with van der Waals surface area (Å²) in [7, 11) is 1.08. The lowest BCUT2D eigenvalue weighted by Crippen LogP contribution is -2.12. The number of esters is 1. The SMILES string of the molecule is COC(=O)c1cc(N=C(N)CCl)c(F)cc1F. The second-order valence-corrected chi connectivity index (χ2v) is 3.28. The summed E-state index contributed by atoms with van der Waals surface area (Å²) in [4.78, 5) is 14.8. The quantitative estimate of drug-likeness (QED) is 0.392. The van der Waals surface area contributed by atoms with Crippen molar-refractivity contribution in [2.24, 2.45) is 10.7 Å². The molecule has 7 heteroatoms. The van der Waals surface area contributed by atoms with E-state index in [1.54, 1.807) is 0 Å². The molecule has 0 amide bonds. The van der Waals surface area contributed by atoms with Gasteiger partial charge in [0.15, 0.2) is 5.82 Å². The Morgan fingerprint density at radius 3 is 2.65 bits per heavy atom. The number of hydrogen-bond acceptors (Lipinski definition) is 3. The molecular weight excluding hydrogens is 254 g/mol. The third kappa shape index (κ3) is 3.13. The maximum atomic E-state index is 13.3. The third-order valence-corrected chi connectivity index (χ3v) is 2.12. The van der Waals surface area contributed by atoms with E-state index >= 15 is 0 Å². The number of methoxy groups -OCH3 is 1. The molecule has 1 rings (SSSR count). The molecule has 4 nitrogen and oxygen atoms in total. The average Bonchev–Trinajstić information content (AvgIpc) is 2.31. The Bertz CT molecular complexity index is 478.